The number of carbonyl (C=O) groups excluding carboxylic acids is 2. The van der Waals surface area contributed by atoms with Crippen LogP contribution < -0.4 is 19.7 Å². The number of methoxy groups -OCH3 is 1. The number of amides is 2. The Morgan fingerprint density at radius 3 is 2.32 bits per heavy atom. The number of benzene rings is 2. The van der Waals surface area contributed by atoms with E-state index < -0.39 is 10.0 Å². The second-order valence-electron chi connectivity index (χ2n) is 8.53. The summed E-state index contributed by atoms with van der Waals surface area (Å²) in [6, 6.07) is 11.6. The van der Waals surface area contributed by atoms with Crippen LogP contribution in [0, 0.1) is 0 Å². The molecular weight excluding hydrogens is 456 g/mol. The number of nitrogens with one attached hydrogen (secondary N) is 2. The number of hydrogen-bond donors (Lipinski definition) is 2. The lowest BCUT2D eigenvalue weighted by atomic mass is 10.1. The summed E-state index contributed by atoms with van der Waals surface area (Å²) in [6.07, 6.45) is 4.31. The predicted octanol–water partition coefficient (Wildman–Crippen LogP) is 3.05. The maximum absolute atomic E-state index is 13.4. The smallest absolute Gasteiger partial charge is 0.264 e. The fraction of sp³-hybridized carbons (Fsp3) is 0.417. The average Bonchev–Trinajstić information content (AvgIpc) is 3.24. The second-order valence-corrected chi connectivity index (χ2v) is 10.2. The van der Waals surface area contributed by atoms with E-state index in [1.54, 1.807) is 43.5 Å². The average molecular weight is 487 g/mol. The van der Waals surface area contributed by atoms with Crippen LogP contribution in [-0.2, 0) is 19.6 Å². The van der Waals surface area contributed by atoms with Crippen LogP contribution in [-0.4, -0.2) is 58.4 Å². The number of ether oxygens (including phenoxy) is 1. The molecule has 0 spiro atoms. The zero-order valence-corrected chi connectivity index (χ0v) is 20.1. The molecule has 2 amide bonds. The molecule has 2 aromatic carbocycles. The maximum atomic E-state index is 13.4. The summed E-state index contributed by atoms with van der Waals surface area (Å²) < 4.78 is 34.7. The van der Waals surface area contributed by atoms with Crippen LogP contribution in [0.4, 0.5) is 17.1 Å². The van der Waals surface area contributed by atoms with E-state index in [-0.39, 0.29) is 23.3 Å². The highest BCUT2D eigenvalue weighted by molar-refractivity contribution is 7.92. The van der Waals surface area contributed by atoms with Crippen LogP contribution in [0.25, 0.3) is 0 Å². The van der Waals surface area contributed by atoms with Gasteiger partial charge < -0.3 is 19.9 Å². The van der Waals surface area contributed by atoms with Crippen LogP contribution >= 0.6 is 0 Å². The molecule has 10 heteroatoms. The fourth-order valence-electron chi connectivity index (χ4n) is 4.32. The van der Waals surface area contributed by atoms with Gasteiger partial charge in [0.1, 0.15) is 10.6 Å². The van der Waals surface area contributed by atoms with Crippen molar-refractivity contribution in [2.24, 2.45) is 0 Å². The van der Waals surface area contributed by atoms with Gasteiger partial charge in [-0.15, -0.1) is 0 Å². The molecule has 2 fully saturated rings. The summed E-state index contributed by atoms with van der Waals surface area (Å²) in [7, 11) is -2.41. The molecule has 182 valence electrons. The number of likely N-dealkylation sites (tertiary alicyclic amines) is 1. The molecule has 0 saturated carbocycles. The van der Waals surface area contributed by atoms with Gasteiger partial charge in [0.15, 0.2) is 0 Å². The minimum Gasteiger partial charge on any atom is -0.497 e. The Morgan fingerprint density at radius 2 is 1.68 bits per heavy atom. The van der Waals surface area contributed by atoms with Gasteiger partial charge >= 0.3 is 0 Å². The summed E-state index contributed by atoms with van der Waals surface area (Å²) in [5, 5.41) is 2.75. The molecule has 34 heavy (non-hydrogen) atoms. The van der Waals surface area contributed by atoms with Gasteiger partial charge in [-0.1, -0.05) is 0 Å². The first-order valence-electron chi connectivity index (χ1n) is 11.5. The fourth-order valence-corrected chi connectivity index (χ4v) is 5.63. The highest BCUT2D eigenvalue weighted by Crippen LogP contribution is 2.32. The molecule has 9 nitrogen and oxygen atoms in total. The van der Waals surface area contributed by atoms with E-state index in [9.17, 15) is 18.0 Å². The van der Waals surface area contributed by atoms with E-state index in [1.165, 1.54) is 11.0 Å². The lowest BCUT2D eigenvalue weighted by Gasteiger charge is -2.30. The number of rotatable bonds is 8. The van der Waals surface area contributed by atoms with Gasteiger partial charge in [0, 0.05) is 37.4 Å². The molecule has 2 aromatic rings. The Labute approximate surface area is 200 Å². The molecule has 2 saturated heterocycles. The third-order valence-electron chi connectivity index (χ3n) is 6.08. The van der Waals surface area contributed by atoms with E-state index in [1.807, 2.05) is 0 Å². The number of anilines is 3. The van der Waals surface area contributed by atoms with Crippen molar-refractivity contribution in [1.82, 2.24) is 4.90 Å². The van der Waals surface area contributed by atoms with Crippen LogP contribution in [0.3, 0.4) is 0 Å². The van der Waals surface area contributed by atoms with Crippen LogP contribution in [0.2, 0.25) is 0 Å². The van der Waals surface area contributed by atoms with Gasteiger partial charge in [0.05, 0.1) is 19.3 Å². The lowest BCUT2D eigenvalue weighted by Crippen LogP contribution is -2.34. The molecule has 0 atom stereocenters. The summed E-state index contributed by atoms with van der Waals surface area (Å²) in [6.45, 7) is 2.06. The quantitative estimate of drug-likeness (QED) is 0.594. The molecule has 4 rings (SSSR count). The first kappa shape index (κ1) is 23.9. The van der Waals surface area contributed by atoms with Crippen molar-refractivity contribution in [2.45, 2.75) is 37.0 Å². The maximum Gasteiger partial charge on any atom is 0.264 e. The van der Waals surface area contributed by atoms with Gasteiger partial charge in [-0.05, 0) is 68.1 Å². The Morgan fingerprint density at radius 1 is 0.971 bits per heavy atom. The Bertz CT molecular complexity index is 1140. The Hall–Kier alpha value is -3.27. The Balaban J connectivity index is 1.60. The monoisotopic (exact) mass is 486 g/mol. The van der Waals surface area contributed by atoms with Crippen LogP contribution in [0.5, 0.6) is 5.75 Å². The highest BCUT2D eigenvalue weighted by Gasteiger charge is 2.26. The molecular formula is C24H30N4O5S. The number of carbonyl (C=O) groups is 2. The van der Waals surface area contributed by atoms with Crippen molar-refractivity contribution >= 4 is 38.9 Å². The van der Waals surface area contributed by atoms with Crippen molar-refractivity contribution in [1.29, 1.82) is 0 Å². The summed E-state index contributed by atoms with van der Waals surface area (Å²) in [5.41, 5.74) is 1.38. The first-order chi connectivity index (χ1) is 16.4. The number of sulfonamides is 1. The molecule has 2 aliphatic heterocycles. The highest BCUT2D eigenvalue weighted by atomic mass is 32.2. The third kappa shape index (κ3) is 5.61. The number of hydrogen-bond acceptors (Lipinski definition) is 6. The predicted molar refractivity (Wildman–Crippen MR) is 131 cm³/mol. The van der Waals surface area contributed by atoms with Crippen molar-refractivity contribution in [3.8, 4) is 5.75 Å². The van der Waals surface area contributed by atoms with Gasteiger partial charge in [0.2, 0.25) is 11.8 Å². The minimum absolute atomic E-state index is 0.0393. The van der Waals surface area contributed by atoms with Gasteiger partial charge in [-0.25, -0.2) is 8.42 Å². The van der Waals surface area contributed by atoms with Crippen molar-refractivity contribution in [3.63, 3.8) is 0 Å². The summed E-state index contributed by atoms with van der Waals surface area (Å²) >= 11 is 0. The van der Waals surface area contributed by atoms with E-state index in [4.69, 9.17) is 4.74 Å². The van der Waals surface area contributed by atoms with Gasteiger partial charge in [0.25, 0.3) is 10.0 Å². The molecule has 0 radical (unpaired) electrons. The van der Waals surface area contributed by atoms with Crippen molar-refractivity contribution in [3.05, 3.63) is 42.5 Å². The second kappa shape index (κ2) is 10.3. The lowest BCUT2D eigenvalue weighted by molar-refractivity contribution is -0.131. The standard InChI is InChI=1S/C24H30N4O5S/c1-33-20-10-7-18(8-11-20)26-34(31,32)22-16-19(9-12-21(22)27-13-3-2-4-14-27)25-23(29)17-28-15-5-6-24(28)30/h7-12,16,26H,2-6,13-15,17H2,1H3,(H,25,29). The van der Waals surface area contributed by atoms with Crippen LogP contribution in [0.15, 0.2) is 47.4 Å². The van der Waals surface area contributed by atoms with E-state index in [0.29, 0.717) is 35.8 Å². The zero-order chi connectivity index (χ0) is 24.1. The zero-order valence-electron chi connectivity index (χ0n) is 19.2. The largest absolute Gasteiger partial charge is 0.497 e. The molecule has 0 aromatic heterocycles. The number of piperidine rings is 1. The van der Waals surface area contributed by atoms with Gasteiger partial charge in [-0.3, -0.25) is 14.3 Å². The molecule has 0 bridgehead atoms. The summed E-state index contributed by atoms with van der Waals surface area (Å²) in [4.78, 5) is 28.0. The molecule has 0 aliphatic carbocycles. The summed E-state index contributed by atoms with van der Waals surface area (Å²) in [5.74, 6) is 0.230. The van der Waals surface area contributed by atoms with E-state index >= 15 is 0 Å². The van der Waals surface area contributed by atoms with Gasteiger partial charge in [-0.2, -0.15) is 0 Å². The first-order valence-corrected chi connectivity index (χ1v) is 13.0. The molecule has 2 heterocycles. The number of nitrogens with zero attached hydrogens (tertiary/aromatic N) is 2. The van der Waals surface area contributed by atoms with Crippen LogP contribution in [0.1, 0.15) is 32.1 Å². The Kier molecular flexibility index (Phi) is 7.26. The third-order valence-corrected chi connectivity index (χ3v) is 7.49. The van der Waals surface area contributed by atoms with Crippen molar-refractivity contribution < 1.29 is 22.7 Å². The van der Waals surface area contributed by atoms with E-state index in [0.717, 1.165) is 38.8 Å². The topological polar surface area (TPSA) is 108 Å². The SMILES string of the molecule is COc1ccc(NS(=O)(=O)c2cc(NC(=O)CN3CCCC3=O)ccc2N2CCCCC2)cc1. The molecule has 2 N–H and O–H groups in total. The normalized spacial score (nSPS) is 16.4. The van der Waals surface area contributed by atoms with E-state index in [2.05, 4.69) is 14.9 Å². The minimum atomic E-state index is -3.95. The van der Waals surface area contributed by atoms with Crippen molar-refractivity contribution in [2.75, 3.05) is 48.2 Å². The molecule has 2 aliphatic rings. The molecule has 0 unspecified atom stereocenters.